The lowest BCUT2D eigenvalue weighted by atomic mass is 10.1. The van der Waals surface area contributed by atoms with Crippen LogP contribution in [-0.4, -0.2) is 17.6 Å². The van der Waals surface area contributed by atoms with Gasteiger partial charge in [-0.25, -0.2) is 8.78 Å². The van der Waals surface area contributed by atoms with Crippen molar-refractivity contribution < 1.29 is 18.7 Å². The second-order valence-electron chi connectivity index (χ2n) is 5.12. The molecule has 0 saturated heterocycles. The van der Waals surface area contributed by atoms with Crippen LogP contribution in [0.1, 0.15) is 17.5 Å². The number of nitrogens with zero attached hydrogens (tertiary/aromatic N) is 1. The lowest BCUT2D eigenvalue weighted by Crippen LogP contribution is -2.27. The van der Waals surface area contributed by atoms with E-state index < -0.39 is 17.6 Å². The summed E-state index contributed by atoms with van der Waals surface area (Å²) in [7, 11) is 0. The first-order valence-corrected chi connectivity index (χ1v) is 6.93. The first kappa shape index (κ1) is 15.9. The van der Waals surface area contributed by atoms with Crippen LogP contribution < -0.4 is 4.90 Å². The molecule has 0 spiro atoms. The van der Waals surface area contributed by atoms with Gasteiger partial charge in [0.05, 0.1) is 6.42 Å². The molecule has 0 saturated carbocycles. The van der Waals surface area contributed by atoms with E-state index in [0.29, 0.717) is 0 Å². The van der Waals surface area contributed by atoms with Crippen LogP contribution in [0.2, 0.25) is 0 Å². The highest BCUT2D eigenvalue weighted by molar-refractivity contribution is 5.67. The molecule has 3 nitrogen and oxygen atoms in total. The minimum atomic E-state index is -1.01. The zero-order valence-corrected chi connectivity index (χ0v) is 12.2. The van der Waals surface area contributed by atoms with E-state index in [1.165, 1.54) is 23.1 Å². The number of carbonyl (C=O) groups is 1. The Morgan fingerprint density at radius 3 is 2.23 bits per heavy atom. The number of para-hydroxylation sites is 1. The number of carboxylic acids is 1. The summed E-state index contributed by atoms with van der Waals surface area (Å²) in [6.45, 7) is 2.22. The van der Waals surface area contributed by atoms with E-state index in [2.05, 4.69) is 0 Å². The molecule has 2 rings (SSSR count). The van der Waals surface area contributed by atoms with E-state index in [9.17, 15) is 13.6 Å². The average molecular weight is 305 g/mol. The summed E-state index contributed by atoms with van der Waals surface area (Å²) in [6, 6.07) is 11.2. The molecule has 0 heterocycles. The van der Waals surface area contributed by atoms with Crippen LogP contribution >= 0.6 is 0 Å². The van der Waals surface area contributed by atoms with Gasteiger partial charge in [0.25, 0.3) is 0 Å². The van der Waals surface area contributed by atoms with E-state index in [1.807, 2.05) is 31.2 Å². The molecule has 116 valence electrons. The summed E-state index contributed by atoms with van der Waals surface area (Å²) < 4.78 is 27.9. The first-order chi connectivity index (χ1) is 10.5. The first-order valence-electron chi connectivity index (χ1n) is 6.93. The zero-order valence-electron chi connectivity index (χ0n) is 12.2. The predicted octanol–water partition coefficient (Wildman–Crippen LogP) is 3.75. The quantitative estimate of drug-likeness (QED) is 0.883. The highest BCUT2D eigenvalue weighted by Crippen LogP contribution is 2.25. The molecule has 0 amide bonds. The minimum absolute atomic E-state index is 0.0288. The van der Waals surface area contributed by atoms with E-state index in [1.54, 1.807) is 0 Å². The molecule has 0 radical (unpaired) electrons. The smallest absolute Gasteiger partial charge is 0.305 e. The van der Waals surface area contributed by atoms with Gasteiger partial charge in [-0.1, -0.05) is 35.9 Å². The van der Waals surface area contributed by atoms with Gasteiger partial charge in [-0.15, -0.1) is 0 Å². The summed E-state index contributed by atoms with van der Waals surface area (Å²) >= 11 is 0. The van der Waals surface area contributed by atoms with Gasteiger partial charge in [0, 0.05) is 13.1 Å². The number of anilines is 1. The largest absolute Gasteiger partial charge is 0.481 e. The number of hydrogen-bond acceptors (Lipinski definition) is 2. The molecule has 2 aromatic carbocycles. The molecule has 0 unspecified atom stereocenters. The van der Waals surface area contributed by atoms with Crippen LogP contribution in [-0.2, 0) is 11.3 Å². The summed E-state index contributed by atoms with van der Waals surface area (Å²) in [6.07, 6.45) is -0.195. The second kappa shape index (κ2) is 7.02. The molecule has 0 atom stereocenters. The van der Waals surface area contributed by atoms with Crippen LogP contribution in [0.5, 0.6) is 0 Å². The Hall–Kier alpha value is -2.43. The van der Waals surface area contributed by atoms with Gasteiger partial charge in [-0.3, -0.25) is 4.79 Å². The van der Waals surface area contributed by atoms with Gasteiger partial charge >= 0.3 is 5.97 Å². The van der Waals surface area contributed by atoms with Crippen molar-refractivity contribution >= 4 is 11.7 Å². The number of benzene rings is 2. The fourth-order valence-electron chi connectivity index (χ4n) is 2.21. The van der Waals surface area contributed by atoms with Gasteiger partial charge in [0.15, 0.2) is 0 Å². The molecular weight excluding hydrogens is 288 g/mol. The van der Waals surface area contributed by atoms with Crippen molar-refractivity contribution in [2.45, 2.75) is 19.9 Å². The Balaban J connectivity index is 2.29. The van der Waals surface area contributed by atoms with E-state index in [-0.39, 0.29) is 25.2 Å². The van der Waals surface area contributed by atoms with Gasteiger partial charge in [0.1, 0.15) is 17.3 Å². The van der Waals surface area contributed by atoms with Crippen molar-refractivity contribution in [1.29, 1.82) is 0 Å². The molecular formula is C17H17F2NO2. The highest BCUT2D eigenvalue weighted by atomic mass is 19.1. The van der Waals surface area contributed by atoms with Crippen LogP contribution in [0.15, 0.2) is 42.5 Å². The number of rotatable bonds is 6. The van der Waals surface area contributed by atoms with Crippen LogP contribution in [0.4, 0.5) is 14.5 Å². The number of carboxylic acid groups (broad SMARTS) is 1. The maximum absolute atomic E-state index is 14.0. The van der Waals surface area contributed by atoms with E-state index in [0.717, 1.165) is 11.1 Å². The molecule has 5 heteroatoms. The highest BCUT2D eigenvalue weighted by Gasteiger charge is 2.17. The van der Waals surface area contributed by atoms with E-state index in [4.69, 9.17) is 5.11 Å². The number of halogens is 2. The Bertz CT molecular complexity index is 636. The second-order valence-corrected chi connectivity index (χ2v) is 5.12. The van der Waals surface area contributed by atoms with Gasteiger partial charge in [-0.05, 0) is 24.6 Å². The third-order valence-corrected chi connectivity index (χ3v) is 3.34. The predicted molar refractivity (Wildman–Crippen MR) is 80.8 cm³/mol. The summed E-state index contributed by atoms with van der Waals surface area (Å²) in [4.78, 5) is 12.2. The SMILES string of the molecule is Cc1ccc(CN(CCC(=O)O)c2c(F)cccc2F)cc1. The average Bonchev–Trinajstić information content (AvgIpc) is 2.46. The number of aryl methyl sites for hydroxylation is 1. The zero-order chi connectivity index (χ0) is 16.1. The molecule has 2 aromatic rings. The van der Waals surface area contributed by atoms with Crippen molar-refractivity contribution in [3.8, 4) is 0 Å². The number of aliphatic carboxylic acids is 1. The topological polar surface area (TPSA) is 40.5 Å². The minimum Gasteiger partial charge on any atom is -0.481 e. The lowest BCUT2D eigenvalue weighted by molar-refractivity contribution is -0.136. The summed E-state index contributed by atoms with van der Waals surface area (Å²) in [5.41, 5.74) is 1.75. The Labute approximate surface area is 127 Å². The Morgan fingerprint density at radius 2 is 1.68 bits per heavy atom. The van der Waals surface area contributed by atoms with Crippen LogP contribution in [0, 0.1) is 18.6 Å². The lowest BCUT2D eigenvalue weighted by Gasteiger charge is -2.25. The monoisotopic (exact) mass is 305 g/mol. The third kappa shape index (κ3) is 4.04. The normalized spacial score (nSPS) is 10.5. The standard InChI is InChI=1S/C17H17F2NO2/c1-12-5-7-13(8-6-12)11-20(10-9-16(21)22)17-14(18)3-2-4-15(17)19/h2-8H,9-11H2,1H3,(H,21,22). The van der Waals surface area contributed by atoms with Crippen LogP contribution in [0.25, 0.3) is 0 Å². The Morgan fingerprint density at radius 1 is 1.09 bits per heavy atom. The van der Waals surface area contributed by atoms with Gasteiger partial charge < -0.3 is 10.0 Å². The molecule has 0 aromatic heterocycles. The van der Waals surface area contributed by atoms with Crippen LogP contribution in [0.3, 0.4) is 0 Å². The summed E-state index contributed by atoms with van der Waals surface area (Å²) in [5, 5.41) is 8.84. The molecule has 1 N–H and O–H groups in total. The molecule has 0 aliphatic carbocycles. The maximum atomic E-state index is 14.0. The molecule has 22 heavy (non-hydrogen) atoms. The number of hydrogen-bond donors (Lipinski definition) is 1. The summed E-state index contributed by atoms with van der Waals surface area (Å²) in [5.74, 6) is -2.40. The third-order valence-electron chi connectivity index (χ3n) is 3.34. The van der Waals surface area contributed by atoms with Crippen molar-refractivity contribution in [3.05, 3.63) is 65.2 Å². The molecule has 0 bridgehead atoms. The van der Waals surface area contributed by atoms with Crippen molar-refractivity contribution in [3.63, 3.8) is 0 Å². The van der Waals surface area contributed by atoms with Gasteiger partial charge in [0.2, 0.25) is 0 Å². The van der Waals surface area contributed by atoms with Crippen molar-refractivity contribution in [2.75, 3.05) is 11.4 Å². The van der Waals surface area contributed by atoms with Crippen molar-refractivity contribution in [2.24, 2.45) is 0 Å². The van der Waals surface area contributed by atoms with Crippen molar-refractivity contribution in [1.82, 2.24) is 0 Å². The maximum Gasteiger partial charge on any atom is 0.305 e. The fourth-order valence-corrected chi connectivity index (χ4v) is 2.21. The Kier molecular flexibility index (Phi) is 5.09. The fraction of sp³-hybridized carbons (Fsp3) is 0.235. The molecule has 0 fully saturated rings. The van der Waals surface area contributed by atoms with E-state index >= 15 is 0 Å². The molecule has 0 aliphatic rings. The van der Waals surface area contributed by atoms with Gasteiger partial charge in [-0.2, -0.15) is 0 Å². The molecule has 0 aliphatic heterocycles.